The van der Waals surface area contributed by atoms with Crippen molar-refractivity contribution in [2.75, 3.05) is 13.1 Å². The van der Waals surface area contributed by atoms with E-state index in [1.54, 1.807) is 17.2 Å². The monoisotopic (exact) mass is 676 g/mol. The van der Waals surface area contributed by atoms with Crippen molar-refractivity contribution in [2.45, 2.75) is 89.0 Å². The number of amides is 4. The Labute approximate surface area is 291 Å². The third-order valence-electron chi connectivity index (χ3n) is 10.8. The summed E-state index contributed by atoms with van der Waals surface area (Å²) in [5.41, 5.74) is 5.40. The summed E-state index contributed by atoms with van der Waals surface area (Å²) in [5, 5.41) is 16.9. The zero-order valence-corrected chi connectivity index (χ0v) is 28.2. The molecule has 1 saturated carbocycles. The van der Waals surface area contributed by atoms with Gasteiger partial charge in [0.1, 0.15) is 6.04 Å². The highest BCUT2D eigenvalue weighted by Gasteiger charge is 2.39. The fourth-order valence-electron chi connectivity index (χ4n) is 7.91. The first-order valence-electron chi connectivity index (χ1n) is 17.8. The molecule has 3 aromatic rings. The molecule has 12 heteroatoms. The zero-order valence-electron chi connectivity index (χ0n) is 28.2. The summed E-state index contributed by atoms with van der Waals surface area (Å²) in [4.78, 5) is 63.1. The van der Waals surface area contributed by atoms with E-state index in [2.05, 4.69) is 30.8 Å². The van der Waals surface area contributed by atoms with E-state index in [0.29, 0.717) is 55.2 Å². The third-order valence-corrected chi connectivity index (χ3v) is 10.8. The van der Waals surface area contributed by atoms with Crippen LogP contribution in [0.25, 0.3) is 16.6 Å². The molecule has 260 valence electrons. The third kappa shape index (κ3) is 7.45. The van der Waals surface area contributed by atoms with E-state index < -0.39 is 11.9 Å². The SMILES string of the molecule is N=C/C(=C\NC1CCN(C2CCC(CC(=O)NCc3ccc4c(c3)CN(C3CCC(=O)NC3=O)C4=O)CC2)CC1)c1cnc2ccccc2n1. The predicted octanol–water partition coefficient (Wildman–Crippen LogP) is 3.70. The molecule has 4 N–H and O–H groups in total. The Balaban J connectivity index is 0.820. The van der Waals surface area contributed by atoms with Gasteiger partial charge in [-0.1, -0.05) is 24.3 Å². The number of allylic oxidation sites excluding steroid dienone is 1. The molecule has 0 radical (unpaired) electrons. The van der Waals surface area contributed by atoms with Gasteiger partial charge in [0, 0.05) is 74.7 Å². The number of hydrogen-bond acceptors (Lipinski definition) is 9. The van der Waals surface area contributed by atoms with Crippen LogP contribution in [0.15, 0.2) is 54.9 Å². The first-order valence-corrected chi connectivity index (χ1v) is 17.8. The largest absolute Gasteiger partial charge is 0.387 e. The first kappa shape index (κ1) is 33.5. The van der Waals surface area contributed by atoms with E-state index in [9.17, 15) is 19.2 Å². The standard InChI is InChI=1S/C38H44N8O4/c39-19-27(33-22-41-31-3-1-2-4-32(31)43-33)21-40-28-13-15-45(16-14-28)29-8-5-24(6-9-29)18-36(48)42-20-25-7-10-30-26(17-25)23-46(38(30)50)34-11-12-35(47)44-37(34)49/h1-4,7,10,17,19,21-22,24,28-29,34,39-40H,5-6,8-9,11-16,18,20,23H2,(H,42,48)(H,44,47,49)/b27-21+,39-19?. The van der Waals surface area contributed by atoms with Gasteiger partial charge in [-0.3, -0.25) is 29.5 Å². The summed E-state index contributed by atoms with van der Waals surface area (Å²) < 4.78 is 0. The van der Waals surface area contributed by atoms with Crippen molar-refractivity contribution in [3.05, 3.63) is 77.2 Å². The van der Waals surface area contributed by atoms with Crippen LogP contribution in [0.1, 0.15) is 85.0 Å². The molecule has 3 fully saturated rings. The molecule has 7 rings (SSSR count). The molecule has 3 aliphatic heterocycles. The van der Waals surface area contributed by atoms with Gasteiger partial charge in [-0.2, -0.15) is 0 Å². The molecule has 4 amide bonds. The zero-order chi connectivity index (χ0) is 34.6. The highest BCUT2D eigenvalue weighted by atomic mass is 16.2. The normalized spacial score (nSPS) is 23.4. The molecule has 0 spiro atoms. The van der Waals surface area contributed by atoms with Crippen LogP contribution in [0.3, 0.4) is 0 Å². The number of nitrogens with one attached hydrogen (secondary N) is 4. The van der Waals surface area contributed by atoms with Crippen molar-refractivity contribution in [3.8, 4) is 0 Å². The topological polar surface area (TPSA) is 160 Å². The van der Waals surface area contributed by atoms with Crippen LogP contribution >= 0.6 is 0 Å². The summed E-state index contributed by atoms with van der Waals surface area (Å²) >= 11 is 0. The fraction of sp³-hybridized carbons (Fsp3) is 0.447. The molecular formula is C38H44N8O4. The van der Waals surface area contributed by atoms with Gasteiger partial charge in [0.15, 0.2) is 0 Å². The smallest absolute Gasteiger partial charge is 0.255 e. The van der Waals surface area contributed by atoms with Crippen molar-refractivity contribution in [3.63, 3.8) is 0 Å². The van der Waals surface area contributed by atoms with Crippen LogP contribution in [0.4, 0.5) is 0 Å². The lowest BCUT2D eigenvalue weighted by molar-refractivity contribution is -0.137. The number of aromatic nitrogens is 2. The maximum Gasteiger partial charge on any atom is 0.255 e. The summed E-state index contributed by atoms with van der Waals surface area (Å²) in [6.07, 6.45) is 12.4. The number of nitrogens with zero attached hydrogens (tertiary/aromatic N) is 4. The minimum absolute atomic E-state index is 0.0501. The van der Waals surface area contributed by atoms with E-state index in [0.717, 1.165) is 79.3 Å². The molecule has 50 heavy (non-hydrogen) atoms. The van der Waals surface area contributed by atoms with E-state index in [-0.39, 0.29) is 24.1 Å². The molecule has 4 heterocycles. The minimum atomic E-state index is -0.637. The van der Waals surface area contributed by atoms with E-state index >= 15 is 0 Å². The van der Waals surface area contributed by atoms with Crippen molar-refractivity contribution < 1.29 is 19.2 Å². The maximum absolute atomic E-state index is 13.0. The van der Waals surface area contributed by atoms with Crippen molar-refractivity contribution in [1.29, 1.82) is 5.41 Å². The molecule has 1 aliphatic carbocycles. The van der Waals surface area contributed by atoms with Crippen LogP contribution < -0.4 is 16.0 Å². The lowest BCUT2D eigenvalue weighted by Crippen LogP contribution is -2.52. The van der Waals surface area contributed by atoms with Gasteiger partial charge >= 0.3 is 0 Å². The average molecular weight is 677 g/mol. The molecule has 4 aliphatic rings. The molecule has 2 aromatic carbocycles. The van der Waals surface area contributed by atoms with Gasteiger partial charge in [0.2, 0.25) is 17.7 Å². The fourth-order valence-corrected chi connectivity index (χ4v) is 7.91. The average Bonchev–Trinajstić information content (AvgIpc) is 3.46. The second kappa shape index (κ2) is 14.9. The van der Waals surface area contributed by atoms with Crippen molar-refractivity contribution >= 4 is 46.4 Å². The van der Waals surface area contributed by atoms with Gasteiger partial charge < -0.3 is 25.8 Å². The highest BCUT2D eigenvalue weighted by molar-refractivity contribution is 6.07. The van der Waals surface area contributed by atoms with Gasteiger partial charge in [-0.15, -0.1) is 0 Å². The van der Waals surface area contributed by atoms with Gasteiger partial charge in [-0.05, 0) is 80.2 Å². The Morgan fingerprint density at radius 2 is 1.76 bits per heavy atom. The summed E-state index contributed by atoms with van der Waals surface area (Å²) in [7, 11) is 0. The lowest BCUT2D eigenvalue weighted by Gasteiger charge is -2.41. The molecule has 2 saturated heterocycles. The van der Waals surface area contributed by atoms with Gasteiger partial charge in [-0.25, -0.2) is 4.98 Å². The van der Waals surface area contributed by atoms with E-state index in [1.807, 2.05) is 42.6 Å². The number of carbonyl (C=O) groups is 4. The Morgan fingerprint density at radius 3 is 2.52 bits per heavy atom. The summed E-state index contributed by atoms with van der Waals surface area (Å²) in [6, 6.07) is 13.6. The molecule has 0 bridgehead atoms. The quantitative estimate of drug-likeness (QED) is 0.187. The summed E-state index contributed by atoms with van der Waals surface area (Å²) in [5.74, 6) is -0.482. The van der Waals surface area contributed by atoms with Crippen LogP contribution in [-0.2, 0) is 27.5 Å². The second-order valence-electron chi connectivity index (χ2n) is 14.0. The molecular weight excluding hydrogens is 632 g/mol. The van der Waals surface area contributed by atoms with Gasteiger partial charge in [0.25, 0.3) is 5.91 Å². The van der Waals surface area contributed by atoms with Gasteiger partial charge in [0.05, 0.1) is 22.9 Å². The van der Waals surface area contributed by atoms with Crippen LogP contribution in [0, 0.1) is 11.3 Å². The second-order valence-corrected chi connectivity index (χ2v) is 14.0. The van der Waals surface area contributed by atoms with Crippen molar-refractivity contribution in [2.24, 2.45) is 5.92 Å². The molecule has 12 nitrogen and oxygen atoms in total. The number of likely N-dealkylation sites (tertiary alicyclic amines) is 1. The Hall–Kier alpha value is -4.97. The Morgan fingerprint density at radius 1 is 0.980 bits per heavy atom. The number of piperidine rings is 2. The van der Waals surface area contributed by atoms with Crippen LogP contribution in [0.5, 0.6) is 0 Å². The molecule has 1 atom stereocenters. The molecule has 1 aromatic heterocycles. The van der Waals surface area contributed by atoms with E-state index in [1.165, 1.54) is 6.21 Å². The number of para-hydroxylation sites is 2. The minimum Gasteiger partial charge on any atom is -0.387 e. The van der Waals surface area contributed by atoms with Crippen LogP contribution in [-0.4, -0.2) is 80.8 Å². The number of fused-ring (bicyclic) bond motifs is 2. The number of carbonyl (C=O) groups excluding carboxylic acids is 4. The lowest BCUT2D eigenvalue weighted by atomic mass is 9.82. The number of benzene rings is 2. The van der Waals surface area contributed by atoms with E-state index in [4.69, 9.17) is 5.41 Å². The number of rotatable bonds is 10. The first-order chi connectivity index (χ1) is 24.3. The summed E-state index contributed by atoms with van der Waals surface area (Å²) in [6.45, 7) is 2.79. The maximum atomic E-state index is 13.0. The Bertz CT molecular complexity index is 1830. The molecule has 1 unspecified atom stereocenters. The van der Waals surface area contributed by atoms with Crippen molar-refractivity contribution in [1.82, 2.24) is 35.7 Å². The van der Waals surface area contributed by atoms with Crippen LogP contribution in [0.2, 0.25) is 0 Å². The highest BCUT2D eigenvalue weighted by Crippen LogP contribution is 2.32. The predicted molar refractivity (Wildman–Crippen MR) is 189 cm³/mol. The number of imide groups is 1. The Kier molecular flexibility index (Phi) is 9.97. The number of hydrogen-bond donors (Lipinski definition) is 4.